The van der Waals surface area contributed by atoms with Crippen LogP contribution in [0, 0.1) is 5.92 Å². The number of piperidine rings is 1. The molecule has 112 valence electrons. The fraction of sp³-hybridized carbons (Fsp3) is 0.714. The molecule has 0 bridgehead atoms. The predicted octanol–water partition coefficient (Wildman–Crippen LogP) is 0.256. The molecule has 1 saturated heterocycles. The summed E-state index contributed by atoms with van der Waals surface area (Å²) in [6.45, 7) is 4.31. The average Bonchev–Trinajstić information content (AvgIpc) is 2.89. The normalized spacial score (nSPS) is 17.4. The van der Waals surface area contributed by atoms with E-state index in [0.717, 1.165) is 32.5 Å². The van der Waals surface area contributed by atoms with Crippen molar-refractivity contribution in [2.24, 2.45) is 11.7 Å². The molecular formula is C14H25N5O. The molecule has 1 amide bonds. The Hall–Kier alpha value is -1.40. The maximum absolute atomic E-state index is 12.3. The number of hydrogen-bond donors (Lipinski definition) is 1. The van der Waals surface area contributed by atoms with Crippen LogP contribution in [-0.4, -0.2) is 65.5 Å². The van der Waals surface area contributed by atoms with Crippen LogP contribution in [0.2, 0.25) is 0 Å². The molecule has 0 aromatic carbocycles. The third-order valence-electron chi connectivity index (χ3n) is 3.96. The van der Waals surface area contributed by atoms with Crippen molar-refractivity contribution in [3.63, 3.8) is 0 Å². The summed E-state index contributed by atoms with van der Waals surface area (Å²) < 4.78 is 1.86. The minimum absolute atomic E-state index is 0.000278. The van der Waals surface area contributed by atoms with Gasteiger partial charge in [0.2, 0.25) is 0 Å². The van der Waals surface area contributed by atoms with E-state index < -0.39 is 0 Å². The Kier molecular flexibility index (Phi) is 5.14. The summed E-state index contributed by atoms with van der Waals surface area (Å²) in [6.07, 6.45) is 5.77. The second-order valence-corrected chi connectivity index (χ2v) is 5.72. The Balaban J connectivity index is 1.87. The van der Waals surface area contributed by atoms with Gasteiger partial charge in [0.25, 0.3) is 5.91 Å². The van der Waals surface area contributed by atoms with E-state index in [1.165, 1.54) is 0 Å². The van der Waals surface area contributed by atoms with Gasteiger partial charge in [-0.05, 0) is 38.9 Å². The lowest BCUT2D eigenvalue weighted by molar-refractivity contribution is 0.0742. The van der Waals surface area contributed by atoms with E-state index in [4.69, 9.17) is 5.73 Å². The summed E-state index contributed by atoms with van der Waals surface area (Å²) in [5, 5.41) is 0. The number of rotatable bonds is 5. The quantitative estimate of drug-likeness (QED) is 0.839. The van der Waals surface area contributed by atoms with Gasteiger partial charge in [-0.15, -0.1) is 0 Å². The summed E-state index contributed by atoms with van der Waals surface area (Å²) in [4.78, 5) is 20.6. The van der Waals surface area contributed by atoms with Crippen molar-refractivity contribution >= 4 is 5.91 Å². The third kappa shape index (κ3) is 3.80. The van der Waals surface area contributed by atoms with Gasteiger partial charge in [0.05, 0.1) is 6.33 Å². The van der Waals surface area contributed by atoms with Gasteiger partial charge in [0, 0.05) is 32.9 Å². The highest BCUT2D eigenvalue weighted by atomic mass is 16.2. The lowest BCUT2D eigenvalue weighted by Gasteiger charge is -2.31. The van der Waals surface area contributed by atoms with E-state index in [0.29, 0.717) is 24.7 Å². The van der Waals surface area contributed by atoms with Crippen LogP contribution >= 0.6 is 0 Å². The molecule has 0 spiro atoms. The molecule has 0 radical (unpaired) electrons. The largest absolute Gasteiger partial charge is 0.340 e. The number of nitrogens with zero attached hydrogens (tertiary/aromatic N) is 4. The summed E-state index contributed by atoms with van der Waals surface area (Å²) in [7, 11) is 4.01. The molecule has 2 N–H and O–H groups in total. The maximum Gasteiger partial charge on any atom is 0.273 e. The monoisotopic (exact) mass is 279 g/mol. The van der Waals surface area contributed by atoms with Crippen molar-refractivity contribution in [1.82, 2.24) is 19.4 Å². The van der Waals surface area contributed by atoms with Crippen molar-refractivity contribution in [1.29, 1.82) is 0 Å². The van der Waals surface area contributed by atoms with Crippen molar-refractivity contribution in [2.75, 3.05) is 40.3 Å². The van der Waals surface area contributed by atoms with Gasteiger partial charge in [-0.3, -0.25) is 4.79 Å². The number of carbonyl (C=O) groups is 1. The number of likely N-dealkylation sites (tertiary alicyclic amines) is 1. The van der Waals surface area contributed by atoms with Gasteiger partial charge < -0.3 is 20.1 Å². The standard InChI is InChI=1S/C14H25N5O/c1-17-6-3-12(4-7-17)9-18(2)14(20)13-10-19(8-5-15)11-16-13/h10-12H,3-9,15H2,1-2H3. The fourth-order valence-electron chi connectivity index (χ4n) is 2.65. The molecule has 6 heteroatoms. The van der Waals surface area contributed by atoms with Crippen LogP contribution in [0.25, 0.3) is 0 Å². The minimum atomic E-state index is -0.000278. The Bertz CT molecular complexity index is 437. The maximum atomic E-state index is 12.3. The summed E-state index contributed by atoms with van der Waals surface area (Å²) in [5.74, 6) is 0.603. The summed E-state index contributed by atoms with van der Waals surface area (Å²) >= 11 is 0. The van der Waals surface area contributed by atoms with Crippen LogP contribution in [0.15, 0.2) is 12.5 Å². The first-order chi connectivity index (χ1) is 9.60. The Morgan fingerprint density at radius 3 is 2.85 bits per heavy atom. The number of carbonyl (C=O) groups excluding carboxylic acids is 1. The zero-order valence-electron chi connectivity index (χ0n) is 12.5. The molecule has 1 aromatic rings. The Morgan fingerprint density at radius 1 is 1.50 bits per heavy atom. The molecule has 2 heterocycles. The lowest BCUT2D eigenvalue weighted by Crippen LogP contribution is -2.38. The van der Waals surface area contributed by atoms with Crippen LogP contribution in [0.5, 0.6) is 0 Å². The zero-order chi connectivity index (χ0) is 14.5. The van der Waals surface area contributed by atoms with E-state index in [2.05, 4.69) is 16.9 Å². The number of aromatic nitrogens is 2. The van der Waals surface area contributed by atoms with Crippen molar-refractivity contribution in [2.45, 2.75) is 19.4 Å². The van der Waals surface area contributed by atoms with Gasteiger partial charge >= 0.3 is 0 Å². The van der Waals surface area contributed by atoms with Crippen LogP contribution in [0.1, 0.15) is 23.3 Å². The van der Waals surface area contributed by atoms with E-state index in [9.17, 15) is 4.79 Å². The summed E-state index contributed by atoms with van der Waals surface area (Å²) in [5.41, 5.74) is 6.00. The van der Waals surface area contributed by atoms with Gasteiger partial charge in [-0.2, -0.15) is 0 Å². The van der Waals surface area contributed by atoms with Crippen molar-refractivity contribution < 1.29 is 4.79 Å². The van der Waals surface area contributed by atoms with Crippen LogP contribution in [-0.2, 0) is 6.54 Å². The zero-order valence-corrected chi connectivity index (χ0v) is 12.5. The fourth-order valence-corrected chi connectivity index (χ4v) is 2.65. The van der Waals surface area contributed by atoms with E-state index >= 15 is 0 Å². The van der Waals surface area contributed by atoms with E-state index in [1.54, 1.807) is 17.4 Å². The van der Waals surface area contributed by atoms with Gasteiger partial charge in [0.15, 0.2) is 0 Å². The van der Waals surface area contributed by atoms with Gasteiger partial charge in [0.1, 0.15) is 5.69 Å². The number of hydrogen-bond acceptors (Lipinski definition) is 4. The average molecular weight is 279 g/mol. The molecular weight excluding hydrogens is 254 g/mol. The molecule has 0 atom stereocenters. The first kappa shape index (κ1) is 15.0. The topological polar surface area (TPSA) is 67.4 Å². The second-order valence-electron chi connectivity index (χ2n) is 5.72. The van der Waals surface area contributed by atoms with Gasteiger partial charge in [-0.1, -0.05) is 0 Å². The second kappa shape index (κ2) is 6.85. The highest BCUT2D eigenvalue weighted by Crippen LogP contribution is 2.17. The van der Waals surface area contributed by atoms with Crippen molar-refractivity contribution in [3.05, 3.63) is 18.2 Å². The Morgan fingerprint density at radius 2 is 2.20 bits per heavy atom. The molecule has 1 aromatic heterocycles. The molecule has 2 rings (SSSR count). The molecule has 0 aliphatic carbocycles. The number of nitrogens with two attached hydrogens (primary N) is 1. The number of amides is 1. The Labute approximate surface area is 120 Å². The molecule has 1 aliphatic rings. The summed E-state index contributed by atoms with van der Waals surface area (Å²) in [6, 6.07) is 0. The first-order valence-electron chi connectivity index (χ1n) is 7.26. The molecule has 6 nitrogen and oxygen atoms in total. The first-order valence-corrected chi connectivity index (χ1v) is 7.26. The van der Waals surface area contributed by atoms with Crippen LogP contribution in [0.3, 0.4) is 0 Å². The highest BCUT2D eigenvalue weighted by Gasteiger charge is 2.21. The molecule has 1 fully saturated rings. The molecule has 1 aliphatic heterocycles. The van der Waals surface area contributed by atoms with Gasteiger partial charge in [-0.25, -0.2) is 4.98 Å². The van der Waals surface area contributed by atoms with E-state index in [1.807, 2.05) is 11.6 Å². The lowest BCUT2D eigenvalue weighted by atomic mass is 9.96. The molecule has 20 heavy (non-hydrogen) atoms. The minimum Gasteiger partial charge on any atom is -0.340 e. The smallest absolute Gasteiger partial charge is 0.273 e. The predicted molar refractivity (Wildman–Crippen MR) is 78.5 cm³/mol. The van der Waals surface area contributed by atoms with Crippen molar-refractivity contribution in [3.8, 4) is 0 Å². The SMILES string of the molecule is CN1CCC(CN(C)C(=O)c2cn(CCN)cn2)CC1. The number of imidazole rings is 1. The third-order valence-corrected chi connectivity index (χ3v) is 3.96. The molecule has 0 saturated carbocycles. The van der Waals surface area contributed by atoms with Crippen LogP contribution < -0.4 is 5.73 Å². The van der Waals surface area contributed by atoms with Crippen LogP contribution in [0.4, 0.5) is 0 Å². The molecule has 0 unspecified atom stereocenters. The highest BCUT2D eigenvalue weighted by molar-refractivity contribution is 5.91. The van der Waals surface area contributed by atoms with E-state index in [-0.39, 0.29) is 5.91 Å².